The van der Waals surface area contributed by atoms with E-state index in [-0.39, 0.29) is 12.3 Å². The van der Waals surface area contributed by atoms with Crippen molar-refractivity contribution >= 4 is 22.6 Å². The molecular weight excluding hydrogens is 334 g/mol. The Morgan fingerprint density at radius 1 is 1.04 bits per heavy atom. The molecule has 1 aliphatic heterocycles. The number of benzene rings is 2. The number of fused-ring (bicyclic) bond motifs is 2. The molecule has 0 saturated carbocycles. The molecule has 2 heterocycles. The summed E-state index contributed by atoms with van der Waals surface area (Å²) in [6.07, 6.45) is 0.201. The second-order valence-electron chi connectivity index (χ2n) is 6.16. The zero-order valence-electron chi connectivity index (χ0n) is 14.2. The highest BCUT2D eigenvalue weighted by atomic mass is 16.6. The molecule has 4 rings (SSSR count). The van der Waals surface area contributed by atoms with E-state index in [2.05, 4.69) is 5.32 Å². The highest BCUT2D eigenvalue weighted by Crippen LogP contribution is 2.31. The third-order valence-electron chi connectivity index (χ3n) is 4.21. The first-order valence-electron chi connectivity index (χ1n) is 8.31. The van der Waals surface area contributed by atoms with Crippen LogP contribution in [0.1, 0.15) is 11.1 Å². The molecule has 1 N–H and O–H groups in total. The van der Waals surface area contributed by atoms with Gasteiger partial charge in [-0.15, -0.1) is 0 Å². The number of ether oxygens (including phenoxy) is 2. The van der Waals surface area contributed by atoms with Gasteiger partial charge in [0.1, 0.15) is 18.8 Å². The third-order valence-corrected chi connectivity index (χ3v) is 4.21. The van der Waals surface area contributed by atoms with Crippen LogP contribution in [0.15, 0.2) is 51.7 Å². The van der Waals surface area contributed by atoms with Gasteiger partial charge in [0.05, 0.1) is 6.42 Å². The molecule has 0 atom stereocenters. The number of anilines is 1. The molecule has 6 heteroatoms. The fourth-order valence-corrected chi connectivity index (χ4v) is 2.99. The van der Waals surface area contributed by atoms with Gasteiger partial charge in [0.2, 0.25) is 5.91 Å². The second kappa shape index (κ2) is 6.55. The monoisotopic (exact) mass is 351 g/mol. The lowest BCUT2D eigenvalue weighted by atomic mass is 10.1. The van der Waals surface area contributed by atoms with Crippen molar-refractivity contribution in [1.29, 1.82) is 0 Å². The molecule has 0 spiro atoms. The number of nitrogens with one attached hydrogen (secondary N) is 1. The van der Waals surface area contributed by atoms with E-state index in [0.29, 0.717) is 36.0 Å². The van der Waals surface area contributed by atoms with E-state index in [9.17, 15) is 9.59 Å². The summed E-state index contributed by atoms with van der Waals surface area (Å²) < 4.78 is 16.2. The maximum absolute atomic E-state index is 12.3. The van der Waals surface area contributed by atoms with Crippen molar-refractivity contribution in [1.82, 2.24) is 0 Å². The molecule has 132 valence electrons. The predicted molar refractivity (Wildman–Crippen MR) is 97.0 cm³/mol. The molecule has 0 saturated heterocycles. The van der Waals surface area contributed by atoms with E-state index in [0.717, 1.165) is 16.5 Å². The molecular formula is C20H17NO5. The van der Waals surface area contributed by atoms with E-state index >= 15 is 0 Å². The van der Waals surface area contributed by atoms with Crippen LogP contribution in [-0.2, 0) is 11.2 Å². The fourth-order valence-electron chi connectivity index (χ4n) is 2.99. The predicted octanol–water partition coefficient (Wildman–Crippen LogP) is 3.05. The molecule has 0 unspecified atom stereocenters. The summed E-state index contributed by atoms with van der Waals surface area (Å²) in [6.45, 7) is 2.88. The summed E-state index contributed by atoms with van der Waals surface area (Å²) in [4.78, 5) is 23.9. The number of carbonyl (C=O) groups excluding carboxylic acids is 1. The first kappa shape index (κ1) is 16.2. The summed E-state index contributed by atoms with van der Waals surface area (Å²) in [6, 6.07) is 12.2. The van der Waals surface area contributed by atoms with Gasteiger partial charge in [-0.2, -0.15) is 0 Å². The number of amides is 1. The molecule has 0 bridgehead atoms. The van der Waals surface area contributed by atoms with Crippen LogP contribution >= 0.6 is 0 Å². The van der Waals surface area contributed by atoms with Gasteiger partial charge in [-0.1, -0.05) is 6.07 Å². The molecule has 3 aromatic rings. The molecule has 0 radical (unpaired) electrons. The Balaban J connectivity index is 1.51. The normalized spacial score (nSPS) is 12.8. The van der Waals surface area contributed by atoms with E-state index in [1.165, 1.54) is 6.07 Å². The number of hydrogen-bond donors (Lipinski definition) is 1. The lowest BCUT2D eigenvalue weighted by Crippen LogP contribution is -2.17. The third kappa shape index (κ3) is 3.26. The Morgan fingerprint density at radius 3 is 2.69 bits per heavy atom. The van der Waals surface area contributed by atoms with Crippen molar-refractivity contribution in [3.05, 3.63) is 64.0 Å². The van der Waals surface area contributed by atoms with Crippen molar-refractivity contribution < 1.29 is 18.7 Å². The lowest BCUT2D eigenvalue weighted by molar-refractivity contribution is -0.115. The number of aryl methyl sites for hydroxylation is 1. The van der Waals surface area contributed by atoms with Crippen LogP contribution in [0.3, 0.4) is 0 Å². The van der Waals surface area contributed by atoms with Gasteiger partial charge in [0, 0.05) is 23.2 Å². The van der Waals surface area contributed by atoms with E-state index in [1.807, 2.05) is 31.2 Å². The van der Waals surface area contributed by atoms with Crippen LogP contribution in [-0.4, -0.2) is 19.1 Å². The van der Waals surface area contributed by atoms with Gasteiger partial charge >= 0.3 is 5.63 Å². The van der Waals surface area contributed by atoms with Gasteiger partial charge in [-0.05, 0) is 42.3 Å². The summed E-state index contributed by atoms with van der Waals surface area (Å²) in [5, 5.41) is 3.67. The minimum Gasteiger partial charge on any atom is -0.486 e. The van der Waals surface area contributed by atoms with Crippen LogP contribution in [0.5, 0.6) is 11.5 Å². The van der Waals surface area contributed by atoms with E-state index in [4.69, 9.17) is 13.9 Å². The van der Waals surface area contributed by atoms with Gasteiger partial charge in [0.25, 0.3) is 0 Å². The Bertz CT molecular complexity index is 1050. The smallest absolute Gasteiger partial charge is 0.336 e. The largest absolute Gasteiger partial charge is 0.486 e. The molecule has 1 aliphatic rings. The number of carbonyl (C=O) groups is 1. The summed E-state index contributed by atoms with van der Waals surface area (Å²) in [7, 11) is 0. The van der Waals surface area contributed by atoms with Crippen molar-refractivity contribution in [3.63, 3.8) is 0 Å². The average Bonchev–Trinajstić information content (AvgIpc) is 2.61. The molecule has 1 aromatic heterocycles. The van der Waals surface area contributed by atoms with Gasteiger partial charge < -0.3 is 19.2 Å². The lowest BCUT2D eigenvalue weighted by Gasteiger charge is -2.18. The minimum atomic E-state index is -0.408. The first-order valence-corrected chi connectivity index (χ1v) is 8.31. The molecule has 0 aliphatic carbocycles. The molecule has 2 aromatic carbocycles. The minimum absolute atomic E-state index is 0.170. The zero-order valence-corrected chi connectivity index (χ0v) is 14.2. The number of hydrogen-bond acceptors (Lipinski definition) is 5. The highest BCUT2D eigenvalue weighted by Gasteiger charge is 2.13. The van der Waals surface area contributed by atoms with Crippen molar-refractivity contribution in [2.24, 2.45) is 0 Å². The van der Waals surface area contributed by atoms with Crippen molar-refractivity contribution in [3.8, 4) is 11.5 Å². The highest BCUT2D eigenvalue weighted by molar-refractivity contribution is 5.94. The van der Waals surface area contributed by atoms with Crippen LogP contribution in [0.2, 0.25) is 0 Å². The standard InChI is InChI=1S/C20H17NO5/c1-12-8-20(23)26-17-11-14(3-4-15(12)17)21-19(22)10-13-2-5-16-18(9-13)25-7-6-24-16/h2-5,8-9,11H,6-7,10H2,1H3,(H,21,22). The van der Waals surface area contributed by atoms with Crippen LogP contribution in [0.4, 0.5) is 5.69 Å². The van der Waals surface area contributed by atoms with Gasteiger partial charge in [0.15, 0.2) is 11.5 Å². The maximum atomic E-state index is 12.3. The fraction of sp³-hybridized carbons (Fsp3) is 0.200. The van der Waals surface area contributed by atoms with Crippen LogP contribution in [0, 0.1) is 6.92 Å². The Kier molecular flexibility index (Phi) is 4.08. The molecule has 26 heavy (non-hydrogen) atoms. The van der Waals surface area contributed by atoms with Gasteiger partial charge in [-0.25, -0.2) is 4.79 Å². The zero-order chi connectivity index (χ0) is 18.1. The van der Waals surface area contributed by atoms with Gasteiger partial charge in [-0.3, -0.25) is 4.79 Å². The Morgan fingerprint density at radius 2 is 1.85 bits per heavy atom. The van der Waals surface area contributed by atoms with E-state index in [1.54, 1.807) is 12.1 Å². The first-order chi connectivity index (χ1) is 12.6. The Hall–Kier alpha value is -3.28. The van der Waals surface area contributed by atoms with Crippen LogP contribution < -0.4 is 20.4 Å². The maximum Gasteiger partial charge on any atom is 0.336 e. The summed E-state index contributed by atoms with van der Waals surface area (Å²) in [5.74, 6) is 1.18. The summed E-state index contributed by atoms with van der Waals surface area (Å²) in [5.41, 5.74) is 2.29. The SMILES string of the molecule is Cc1cc(=O)oc2cc(NC(=O)Cc3ccc4c(c3)OCCO4)ccc12. The summed E-state index contributed by atoms with van der Waals surface area (Å²) >= 11 is 0. The quantitative estimate of drug-likeness (QED) is 0.734. The number of rotatable bonds is 3. The molecule has 1 amide bonds. The molecule has 6 nitrogen and oxygen atoms in total. The average molecular weight is 351 g/mol. The topological polar surface area (TPSA) is 77.8 Å². The van der Waals surface area contributed by atoms with Crippen molar-refractivity contribution in [2.75, 3.05) is 18.5 Å². The van der Waals surface area contributed by atoms with Crippen LogP contribution in [0.25, 0.3) is 11.0 Å². The second-order valence-corrected chi connectivity index (χ2v) is 6.16. The molecule has 0 fully saturated rings. The Labute approximate surface area is 149 Å². The van der Waals surface area contributed by atoms with Crippen molar-refractivity contribution in [2.45, 2.75) is 13.3 Å². The van der Waals surface area contributed by atoms with E-state index < -0.39 is 5.63 Å².